The second-order valence-electron chi connectivity index (χ2n) is 6.76. The van der Waals surface area contributed by atoms with Gasteiger partial charge in [-0.2, -0.15) is 0 Å². The third-order valence-electron chi connectivity index (χ3n) is 5.06. The van der Waals surface area contributed by atoms with Crippen LogP contribution < -0.4 is 4.74 Å². The summed E-state index contributed by atoms with van der Waals surface area (Å²) in [6, 6.07) is 21.2. The Labute approximate surface area is 159 Å². The maximum Gasteiger partial charge on any atom is 0.118 e. The molecule has 0 bridgehead atoms. The molecule has 0 spiro atoms. The highest BCUT2D eigenvalue weighted by molar-refractivity contribution is 6.30. The van der Waals surface area contributed by atoms with Gasteiger partial charge in [0.1, 0.15) is 5.75 Å². The number of halogens is 1. The molecule has 0 saturated heterocycles. The van der Waals surface area contributed by atoms with E-state index in [2.05, 4.69) is 52.1 Å². The van der Waals surface area contributed by atoms with Crippen LogP contribution in [0.2, 0.25) is 5.02 Å². The first-order chi connectivity index (χ1) is 12.7. The molecule has 1 aliphatic heterocycles. The Kier molecular flexibility index (Phi) is 5.00. The third-order valence-corrected chi connectivity index (χ3v) is 5.30. The maximum atomic E-state index is 6.21. The summed E-state index contributed by atoms with van der Waals surface area (Å²) in [6.07, 6.45) is 3.32. The summed E-state index contributed by atoms with van der Waals surface area (Å²) in [5.41, 5.74) is 3.88. The first kappa shape index (κ1) is 17.2. The van der Waals surface area contributed by atoms with Crippen molar-refractivity contribution >= 4 is 11.6 Å². The van der Waals surface area contributed by atoms with E-state index in [1.54, 1.807) is 7.11 Å². The molecule has 0 N–H and O–H groups in total. The molecule has 0 fully saturated rings. The van der Waals surface area contributed by atoms with E-state index in [1.807, 2.05) is 24.3 Å². The van der Waals surface area contributed by atoms with Crippen LogP contribution in [-0.2, 0) is 13.1 Å². The van der Waals surface area contributed by atoms with Crippen molar-refractivity contribution in [1.29, 1.82) is 0 Å². The number of aromatic nitrogens is 1. The van der Waals surface area contributed by atoms with Gasteiger partial charge >= 0.3 is 0 Å². The van der Waals surface area contributed by atoms with Crippen molar-refractivity contribution in [3.05, 3.63) is 88.7 Å². The number of hydrogen-bond acceptors (Lipinski definition) is 2. The van der Waals surface area contributed by atoms with E-state index < -0.39 is 0 Å². The van der Waals surface area contributed by atoms with E-state index in [9.17, 15) is 0 Å². The molecule has 4 heteroatoms. The number of benzene rings is 2. The lowest BCUT2D eigenvalue weighted by Gasteiger charge is -2.31. The van der Waals surface area contributed by atoms with Crippen LogP contribution in [0.5, 0.6) is 5.75 Å². The molecule has 0 saturated carbocycles. The number of methoxy groups -OCH3 is 1. The largest absolute Gasteiger partial charge is 0.497 e. The lowest BCUT2D eigenvalue weighted by Crippen LogP contribution is -2.29. The zero-order valence-electron chi connectivity index (χ0n) is 14.9. The van der Waals surface area contributed by atoms with E-state index in [1.165, 1.54) is 16.8 Å². The molecule has 2 heterocycles. The standard InChI is InChI=1S/C22H23ClN2O/c1-26-20-10-8-18(9-11-20)22-21-7-3-12-24(21)13-4-14-25(22)16-17-5-2-6-19(23)15-17/h2-3,5-12,15,22H,4,13-14,16H2,1H3. The molecule has 3 nitrogen and oxygen atoms in total. The average molecular weight is 367 g/mol. The van der Waals surface area contributed by atoms with E-state index in [0.717, 1.165) is 36.8 Å². The fraction of sp³-hybridized carbons (Fsp3) is 0.273. The van der Waals surface area contributed by atoms with Gasteiger partial charge in [-0.25, -0.2) is 0 Å². The van der Waals surface area contributed by atoms with Crippen molar-refractivity contribution in [3.8, 4) is 5.75 Å². The molecular formula is C22H23ClN2O. The van der Waals surface area contributed by atoms with Crippen LogP contribution in [0.15, 0.2) is 66.9 Å². The van der Waals surface area contributed by atoms with Gasteiger partial charge in [-0.1, -0.05) is 35.9 Å². The Morgan fingerprint density at radius 3 is 2.65 bits per heavy atom. The quantitative estimate of drug-likeness (QED) is 0.635. The topological polar surface area (TPSA) is 17.4 Å². The second kappa shape index (κ2) is 7.56. The van der Waals surface area contributed by atoms with Gasteiger partial charge in [-0.15, -0.1) is 0 Å². The number of nitrogens with zero attached hydrogens (tertiary/aromatic N) is 2. The molecule has 0 amide bonds. The summed E-state index contributed by atoms with van der Waals surface area (Å²) in [7, 11) is 1.71. The number of aryl methyl sites for hydroxylation is 1. The fourth-order valence-corrected chi connectivity index (χ4v) is 4.06. The van der Waals surface area contributed by atoms with Gasteiger partial charge in [0.05, 0.1) is 13.2 Å². The molecule has 1 unspecified atom stereocenters. The molecule has 1 aliphatic rings. The van der Waals surface area contributed by atoms with Crippen LogP contribution in [0.4, 0.5) is 0 Å². The summed E-state index contributed by atoms with van der Waals surface area (Å²) >= 11 is 6.21. The summed E-state index contributed by atoms with van der Waals surface area (Å²) in [4.78, 5) is 2.55. The first-order valence-electron chi connectivity index (χ1n) is 9.02. The van der Waals surface area contributed by atoms with Gasteiger partial charge in [0.2, 0.25) is 0 Å². The number of hydrogen-bond donors (Lipinski definition) is 0. The van der Waals surface area contributed by atoms with Crippen LogP contribution in [-0.4, -0.2) is 23.1 Å². The van der Waals surface area contributed by atoms with E-state index in [0.29, 0.717) is 0 Å². The van der Waals surface area contributed by atoms with Crippen molar-refractivity contribution in [2.45, 2.75) is 25.6 Å². The minimum atomic E-state index is 0.220. The van der Waals surface area contributed by atoms with E-state index in [-0.39, 0.29) is 6.04 Å². The average Bonchev–Trinajstić information content (AvgIpc) is 3.04. The van der Waals surface area contributed by atoms with Gasteiger partial charge in [-0.3, -0.25) is 4.90 Å². The molecule has 26 heavy (non-hydrogen) atoms. The smallest absolute Gasteiger partial charge is 0.118 e. The SMILES string of the molecule is COc1ccc(C2c3cccn3CCCN2Cc2cccc(Cl)c2)cc1. The third kappa shape index (κ3) is 3.50. The molecule has 134 valence electrons. The summed E-state index contributed by atoms with van der Waals surface area (Å²) in [6.45, 7) is 2.98. The second-order valence-corrected chi connectivity index (χ2v) is 7.19. The molecule has 0 aliphatic carbocycles. The lowest BCUT2D eigenvalue weighted by molar-refractivity contribution is 0.220. The Morgan fingerprint density at radius 1 is 1.04 bits per heavy atom. The normalized spacial score (nSPS) is 17.5. The van der Waals surface area contributed by atoms with Crippen molar-refractivity contribution in [2.24, 2.45) is 0 Å². The molecule has 1 atom stereocenters. The van der Waals surface area contributed by atoms with Crippen molar-refractivity contribution in [2.75, 3.05) is 13.7 Å². The lowest BCUT2D eigenvalue weighted by atomic mass is 10.0. The number of ether oxygens (including phenoxy) is 1. The van der Waals surface area contributed by atoms with E-state index in [4.69, 9.17) is 16.3 Å². The number of rotatable bonds is 4. The predicted molar refractivity (Wildman–Crippen MR) is 106 cm³/mol. The van der Waals surface area contributed by atoms with Gasteiger partial charge < -0.3 is 9.30 Å². The monoisotopic (exact) mass is 366 g/mol. The summed E-state index contributed by atoms with van der Waals surface area (Å²) in [5.74, 6) is 0.888. The van der Waals surface area contributed by atoms with Gasteiger partial charge in [-0.05, 0) is 53.9 Å². The molecular weight excluding hydrogens is 344 g/mol. The molecule has 0 radical (unpaired) electrons. The summed E-state index contributed by atoms with van der Waals surface area (Å²) in [5, 5.41) is 0.793. The first-order valence-corrected chi connectivity index (χ1v) is 9.40. The van der Waals surface area contributed by atoms with Gasteiger partial charge in [0.25, 0.3) is 0 Å². The number of fused-ring (bicyclic) bond motifs is 1. The van der Waals surface area contributed by atoms with Crippen LogP contribution in [0, 0.1) is 0 Å². The summed E-state index contributed by atoms with van der Waals surface area (Å²) < 4.78 is 7.72. The molecule has 1 aromatic heterocycles. The minimum absolute atomic E-state index is 0.220. The van der Waals surface area contributed by atoms with Gasteiger partial charge in [0.15, 0.2) is 0 Å². The van der Waals surface area contributed by atoms with Crippen LogP contribution in [0.25, 0.3) is 0 Å². The highest BCUT2D eigenvalue weighted by Gasteiger charge is 2.27. The maximum absolute atomic E-state index is 6.21. The Hall–Kier alpha value is -2.23. The van der Waals surface area contributed by atoms with Crippen molar-refractivity contribution in [3.63, 3.8) is 0 Å². The fourth-order valence-electron chi connectivity index (χ4n) is 3.85. The van der Waals surface area contributed by atoms with Crippen molar-refractivity contribution in [1.82, 2.24) is 9.47 Å². The van der Waals surface area contributed by atoms with Gasteiger partial charge in [0, 0.05) is 36.5 Å². The van der Waals surface area contributed by atoms with E-state index >= 15 is 0 Å². The zero-order chi connectivity index (χ0) is 17.9. The zero-order valence-corrected chi connectivity index (χ0v) is 15.7. The Balaban J connectivity index is 1.72. The van der Waals surface area contributed by atoms with Crippen LogP contribution in [0.1, 0.15) is 29.3 Å². The van der Waals surface area contributed by atoms with Crippen LogP contribution >= 0.6 is 11.6 Å². The molecule has 4 rings (SSSR count). The Morgan fingerprint density at radius 2 is 1.88 bits per heavy atom. The highest BCUT2D eigenvalue weighted by atomic mass is 35.5. The van der Waals surface area contributed by atoms with Crippen molar-refractivity contribution < 1.29 is 4.74 Å². The van der Waals surface area contributed by atoms with Crippen LogP contribution in [0.3, 0.4) is 0 Å². The highest BCUT2D eigenvalue weighted by Crippen LogP contribution is 2.34. The Bertz CT molecular complexity index is 872. The predicted octanol–water partition coefficient (Wildman–Crippen LogP) is 5.15. The molecule has 3 aromatic rings. The minimum Gasteiger partial charge on any atom is -0.497 e. The molecule has 2 aromatic carbocycles.